The topological polar surface area (TPSA) is 73.9 Å². The molecule has 0 bridgehead atoms. The summed E-state index contributed by atoms with van der Waals surface area (Å²) in [7, 11) is 2.73. The van der Waals surface area contributed by atoms with Gasteiger partial charge in [0, 0.05) is 20.5 Å². The van der Waals surface area contributed by atoms with Gasteiger partial charge in [-0.1, -0.05) is 0 Å². The molecule has 0 aromatic heterocycles. The fourth-order valence-corrected chi connectivity index (χ4v) is 1.41. The van der Waals surface area contributed by atoms with E-state index >= 15 is 0 Å². The van der Waals surface area contributed by atoms with Crippen molar-refractivity contribution in [1.29, 1.82) is 0 Å². The van der Waals surface area contributed by atoms with E-state index in [1.165, 1.54) is 27.2 Å². The van der Waals surface area contributed by atoms with Gasteiger partial charge in [0.25, 0.3) is 0 Å². The average molecular weight is 229 g/mol. The van der Waals surface area contributed by atoms with Gasteiger partial charge in [0.2, 0.25) is 18.0 Å². The van der Waals surface area contributed by atoms with E-state index in [2.05, 4.69) is 10.1 Å². The predicted octanol–water partition coefficient (Wildman–Crippen LogP) is -0.0592. The van der Waals surface area contributed by atoms with E-state index in [1.54, 1.807) is 0 Å². The van der Waals surface area contributed by atoms with Gasteiger partial charge in [-0.15, -0.1) is 0 Å². The molecule has 0 fully saturated rings. The van der Waals surface area contributed by atoms with Gasteiger partial charge in [0.15, 0.2) is 0 Å². The van der Waals surface area contributed by atoms with Crippen LogP contribution in [0.25, 0.3) is 0 Å². The smallest absolute Gasteiger partial charge is 0.373 e. The minimum atomic E-state index is -0.586. The zero-order valence-corrected chi connectivity index (χ0v) is 9.48. The highest BCUT2D eigenvalue weighted by Crippen LogP contribution is 2.18. The van der Waals surface area contributed by atoms with E-state index in [4.69, 9.17) is 9.47 Å². The van der Waals surface area contributed by atoms with Gasteiger partial charge in [0.05, 0.1) is 13.2 Å². The Kier molecular flexibility index (Phi) is 4.30. The highest BCUT2D eigenvalue weighted by molar-refractivity contribution is 5.86. The highest BCUT2D eigenvalue weighted by atomic mass is 16.7. The van der Waals surface area contributed by atoms with Crippen LogP contribution in [0.2, 0.25) is 0 Å². The molecule has 0 aromatic carbocycles. The van der Waals surface area contributed by atoms with Gasteiger partial charge in [-0.05, 0) is 6.08 Å². The minimum absolute atomic E-state index is 0.0550. The second kappa shape index (κ2) is 5.50. The lowest BCUT2D eigenvalue weighted by Crippen LogP contribution is -2.39. The lowest BCUT2D eigenvalue weighted by molar-refractivity contribution is -0.154. The maximum atomic E-state index is 11.3. The van der Waals surface area contributed by atoms with E-state index < -0.39 is 12.3 Å². The first-order valence-electron chi connectivity index (χ1n) is 4.83. The number of carbonyl (C=O) groups is 2. The Hall–Kier alpha value is -1.56. The number of nitrogens with one attached hydrogen (secondary N) is 1. The SMILES string of the molecule is COC(=O)C1=C[C@@H](NC(C)=O)C[C@@H](OC)O1. The summed E-state index contributed by atoms with van der Waals surface area (Å²) in [4.78, 5) is 22.2. The monoisotopic (exact) mass is 229 g/mol. The van der Waals surface area contributed by atoms with Crippen molar-refractivity contribution in [3.05, 3.63) is 11.8 Å². The molecule has 16 heavy (non-hydrogen) atoms. The van der Waals surface area contributed by atoms with Crippen LogP contribution in [0, 0.1) is 0 Å². The van der Waals surface area contributed by atoms with Gasteiger partial charge in [-0.3, -0.25) is 4.79 Å². The number of esters is 1. The summed E-state index contributed by atoms with van der Waals surface area (Å²) in [6.07, 6.45) is 1.41. The summed E-state index contributed by atoms with van der Waals surface area (Å²) in [5.74, 6) is -0.710. The third-order valence-corrected chi connectivity index (χ3v) is 2.10. The summed E-state index contributed by atoms with van der Waals surface area (Å²) in [5, 5.41) is 2.67. The van der Waals surface area contributed by atoms with Crippen molar-refractivity contribution in [1.82, 2.24) is 5.32 Å². The molecule has 1 aliphatic heterocycles. The molecule has 1 N–H and O–H groups in total. The lowest BCUT2D eigenvalue weighted by atomic mass is 10.1. The van der Waals surface area contributed by atoms with Crippen molar-refractivity contribution in [2.45, 2.75) is 25.7 Å². The van der Waals surface area contributed by atoms with Crippen LogP contribution in [0.3, 0.4) is 0 Å². The Labute approximate surface area is 93.5 Å². The van der Waals surface area contributed by atoms with E-state index in [1.807, 2.05) is 0 Å². The molecule has 0 saturated heterocycles. The van der Waals surface area contributed by atoms with Gasteiger partial charge in [-0.2, -0.15) is 0 Å². The number of amides is 1. The van der Waals surface area contributed by atoms with Crippen LogP contribution in [-0.4, -0.2) is 38.4 Å². The number of ether oxygens (including phenoxy) is 3. The predicted molar refractivity (Wildman–Crippen MR) is 54.2 cm³/mol. The Balaban J connectivity index is 2.77. The quantitative estimate of drug-likeness (QED) is 0.686. The number of hydrogen-bond donors (Lipinski definition) is 1. The van der Waals surface area contributed by atoms with Crippen LogP contribution >= 0.6 is 0 Å². The largest absolute Gasteiger partial charge is 0.463 e. The summed E-state index contributed by atoms with van der Waals surface area (Å²) < 4.78 is 14.8. The molecular weight excluding hydrogens is 214 g/mol. The molecule has 1 rings (SSSR count). The van der Waals surface area contributed by atoms with Crippen LogP contribution in [0.5, 0.6) is 0 Å². The van der Waals surface area contributed by atoms with Crippen LogP contribution in [0.4, 0.5) is 0 Å². The van der Waals surface area contributed by atoms with Crippen LogP contribution in [-0.2, 0) is 23.8 Å². The molecule has 0 spiro atoms. The maximum Gasteiger partial charge on any atom is 0.373 e. The van der Waals surface area contributed by atoms with Crippen molar-refractivity contribution in [3.63, 3.8) is 0 Å². The molecule has 6 heteroatoms. The second-order valence-electron chi connectivity index (χ2n) is 3.35. The summed E-state index contributed by atoms with van der Waals surface area (Å²) in [6, 6.07) is -0.287. The van der Waals surface area contributed by atoms with Crippen molar-refractivity contribution in [2.24, 2.45) is 0 Å². The van der Waals surface area contributed by atoms with Gasteiger partial charge in [-0.25, -0.2) is 4.79 Å². The molecule has 0 saturated carbocycles. The van der Waals surface area contributed by atoms with Crippen LogP contribution < -0.4 is 5.32 Å². The van der Waals surface area contributed by atoms with Crippen molar-refractivity contribution in [3.8, 4) is 0 Å². The first kappa shape index (κ1) is 12.5. The Bertz CT molecular complexity index is 312. The number of hydrogen-bond acceptors (Lipinski definition) is 5. The number of rotatable bonds is 3. The molecule has 1 heterocycles. The molecule has 0 aromatic rings. The van der Waals surface area contributed by atoms with Crippen LogP contribution in [0.15, 0.2) is 11.8 Å². The van der Waals surface area contributed by atoms with Crippen molar-refractivity contribution < 1.29 is 23.8 Å². The molecule has 6 nitrogen and oxygen atoms in total. The lowest BCUT2D eigenvalue weighted by Gasteiger charge is -2.27. The normalized spacial score (nSPS) is 24.1. The number of methoxy groups -OCH3 is 2. The average Bonchev–Trinajstić information content (AvgIpc) is 2.26. The molecule has 2 atom stereocenters. The Morgan fingerprint density at radius 2 is 2.19 bits per heavy atom. The zero-order valence-electron chi connectivity index (χ0n) is 9.48. The number of carbonyl (C=O) groups excluding carboxylic acids is 2. The summed E-state index contributed by atoms with van der Waals surface area (Å²) in [6.45, 7) is 1.41. The summed E-state index contributed by atoms with van der Waals surface area (Å²) in [5.41, 5.74) is 0. The second-order valence-corrected chi connectivity index (χ2v) is 3.35. The van der Waals surface area contributed by atoms with E-state index in [9.17, 15) is 9.59 Å². The van der Waals surface area contributed by atoms with Crippen molar-refractivity contribution >= 4 is 11.9 Å². The first-order valence-corrected chi connectivity index (χ1v) is 4.83. The Morgan fingerprint density at radius 3 is 2.69 bits per heavy atom. The fraction of sp³-hybridized carbons (Fsp3) is 0.600. The molecule has 0 unspecified atom stereocenters. The maximum absolute atomic E-state index is 11.3. The summed E-state index contributed by atoms with van der Waals surface area (Å²) >= 11 is 0. The standard InChI is InChI=1S/C10H15NO5/c1-6(12)11-7-4-8(10(13)15-3)16-9(5-7)14-2/h4,7,9H,5H2,1-3H3,(H,11,12)/t7-,9+/m1/s1. The third kappa shape index (κ3) is 3.23. The Morgan fingerprint density at radius 1 is 1.50 bits per heavy atom. The van der Waals surface area contributed by atoms with Gasteiger partial charge < -0.3 is 19.5 Å². The minimum Gasteiger partial charge on any atom is -0.463 e. The highest BCUT2D eigenvalue weighted by Gasteiger charge is 2.27. The molecule has 0 radical (unpaired) electrons. The molecule has 1 amide bonds. The molecule has 1 aliphatic rings. The first-order chi connectivity index (χ1) is 7.56. The van der Waals surface area contributed by atoms with Gasteiger partial charge in [0.1, 0.15) is 0 Å². The molecular formula is C10H15NO5. The van der Waals surface area contributed by atoms with Crippen molar-refractivity contribution in [2.75, 3.05) is 14.2 Å². The van der Waals surface area contributed by atoms with Crippen LogP contribution in [0.1, 0.15) is 13.3 Å². The van der Waals surface area contributed by atoms with E-state index in [0.717, 1.165) is 0 Å². The molecule has 0 aliphatic carbocycles. The fourth-order valence-electron chi connectivity index (χ4n) is 1.41. The zero-order chi connectivity index (χ0) is 12.1. The third-order valence-electron chi connectivity index (χ3n) is 2.10. The van der Waals surface area contributed by atoms with E-state index in [0.29, 0.717) is 6.42 Å². The van der Waals surface area contributed by atoms with E-state index in [-0.39, 0.29) is 17.7 Å². The molecule has 90 valence electrons. The van der Waals surface area contributed by atoms with Gasteiger partial charge >= 0.3 is 5.97 Å².